The number of amides is 2. The molecule has 0 radical (unpaired) electrons. The van der Waals surface area contributed by atoms with E-state index >= 15 is 0 Å². The molecule has 1 aliphatic heterocycles. The van der Waals surface area contributed by atoms with Crippen molar-refractivity contribution in [2.24, 2.45) is 5.92 Å². The van der Waals surface area contributed by atoms with Crippen LogP contribution in [0.4, 0.5) is 5.69 Å². The number of hydrogen-bond acceptors (Lipinski definition) is 6. The van der Waals surface area contributed by atoms with Crippen molar-refractivity contribution in [1.82, 2.24) is 19.5 Å². The van der Waals surface area contributed by atoms with E-state index in [0.29, 0.717) is 36.3 Å². The van der Waals surface area contributed by atoms with E-state index in [4.69, 9.17) is 5.26 Å². The lowest BCUT2D eigenvalue weighted by atomic mass is 10.1. The Morgan fingerprint density at radius 1 is 1.33 bits per heavy atom. The summed E-state index contributed by atoms with van der Waals surface area (Å²) in [4.78, 5) is 40.5. The molecule has 36 heavy (non-hydrogen) atoms. The van der Waals surface area contributed by atoms with Gasteiger partial charge in [0.05, 0.1) is 17.8 Å². The molecule has 1 aromatic carbocycles. The third-order valence-electron chi connectivity index (χ3n) is 6.38. The Labute approximate surface area is 207 Å². The Bertz CT molecular complexity index is 1520. The Kier molecular flexibility index (Phi) is 5.84. The summed E-state index contributed by atoms with van der Waals surface area (Å²) >= 11 is 0. The molecule has 2 N–H and O–H groups in total. The van der Waals surface area contributed by atoms with Gasteiger partial charge in [-0.15, -0.1) is 0 Å². The maximum atomic E-state index is 13.1. The number of anilines is 1. The molecular formula is C26H26N6O4. The lowest BCUT2D eigenvalue weighted by Gasteiger charge is -2.17. The second-order valence-corrected chi connectivity index (χ2v) is 9.62. The Morgan fingerprint density at radius 2 is 2.11 bits per heavy atom. The summed E-state index contributed by atoms with van der Waals surface area (Å²) in [6.45, 7) is 4.74. The van der Waals surface area contributed by atoms with Crippen LogP contribution in [0.2, 0.25) is 0 Å². The summed E-state index contributed by atoms with van der Waals surface area (Å²) in [7, 11) is 0. The van der Waals surface area contributed by atoms with Crippen LogP contribution in [0.3, 0.4) is 0 Å². The van der Waals surface area contributed by atoms with Crippen LogP contribution in [0.5, 0.6) is 5.88 Å². The Balaban J connectivity index is 1.51. The molecule has 0 saturated heterocycles. The second-order valence-electron chi connectivity index (χ2n) is 9.62. The molecule has 1 fully saturated rings. The zero-order valence-electron chi connectivity index (χ0n) is 20.1. The normalized spacial score (nSPS) is 15.0. The van der Waals surface area contributed by atoms with Crippen molar-refractivity contribution in [3.63, 3.8) is 0 Å². The number of nitriles is 1. The summed E-state index contributed by atoms with van der Waals surface area (Å²) < 4.78 is 2.60. The quantitative estimate of drug-likeness (QED) is 0.514. The van der Waals surface area contributed by atoms with Crippen LogP contribution in [0.1, 0.15) is 53.7 Å². The molecule has 1 saturated carbocycles. The number of rotatable bonds is 6. The van der Waals surface area contributed by atoms with E-state index < -0.39 is 17.3 Å². The number of fused-ring (bicyclic) bond motifs is 2. The lowest BCUT2D eigenvalue weighted by molar-refractivity contribution is -0.114. The van der Waals surface area contributed by atoms with Gasteiger partial charge in [-0.2, -0.15) is 14.9 Å². The summed E-state index contributed by atoms with van der Waals surface area (Å²) in [5, 5.41) is 27.1. The minimum Gasteiger partial charge on any atom is -0.494 e. The molecule has 0 spiro atoms. The second kappa shape index (κ2) is 9.00. The molecule has 2 aromatic heterocycles. The number of aromatic nitrogens is 3. The molecule has 0 unspecified atom stereocenters. The molecule has 0 bridgehead atoms. The number of aromatic hydroxyl groups is 1. The molecule has 2 amide bonds. The molecule has 10 heteroatoms. The first-order valence-corrected chi connectivity index (χ1v) is 12.0. The first kappa shape index (κ1) is 23.4. The maximum absolute atomic E-state index is 13.1. The fourth-order valence-corrected chi connectivity index (χ4v) is 4.50. The van der Waals surface area contributed by atoms with E-state index in [1.165, 1.54) is 16.8 Å². The van der Waals surface area contributed by atoms with Crippen molar-refractivity contribution >= 4 is 29.2 Å². The highest BCUT2D eigenvalue weighted by Crippen LogP contribution is 2.29. The van der Waals surface area contributed by atoms with Gasteiger partial charge in [-0.3, -0.25) is 19.0 Å². The first-order chi connectivity index (χ1) is 17.3. The van der Waals surface area contributed by atoms with Gasteiger partial charge in [0.1, 0.15) is 5.65 Å². The van der Waals surface area contributed by atoms with Crippen molar-refractivity contribution in [2.75, 3.05) is 11.4 Å². The number of benzene rings is 1. The molecule has 3 heterocycles. The SMILES string of the molecule is CC(C)Cn1c(O)c(C(=O)NC2CC2)c(=O)n2ncc(/C=C/C(=O)N3CCc4cc(C#N)ccc43)c12. The van der Waals surface area contributed by atoms with Crippen LogP contribution in [-0.2, 0) is 17.8 Å². The summed E-state index contributed by atoms with van der Waals surface area (Å²) in [6, 6.07) is 7.39. The van der Waals surface area contributed by atoms with E-state index in [1.807, 2.05) is 13.8 Å². The average molecular weight is 487 g/mol. The van der Waals surface area contributed by atoms with Crippen molar-refractivity contribution in [2.45, 2.75) is 45.7 Å². The van der Waals surface area contributed by atoms with Gasteiger partial charge in [0, 0.05) is 36.5 Å². The molecule has 5 rings (SSSR count). The van der Waals surface area contributed by atoms with E-state index in [-0.39, 0.29) is 23.4 Å². The lowest BCUT2D eigenvalue weighted by Crippen LogP contribution is -2.34. The predicted molar refractivity (Wildman–Crippen MR) is 133 cm³/mol. The zero-order valence-corrected chi connectivity index (χ0v) is 20.1. The molecule has 184 valence electrons. The summed E-state index contributed by atoms with van der Waals surface area (Å²) in [6.07, 6.45) is 6.76. The van der Waals surface area contributed by atoms with Crippen molar-refractivity contribution in [3.05, 3.63) is 63.1 Å². The summed E-state index contributed by atoms with van der Waals surface area (Å²) in [5.74, 6) is -1.19. The monoisotopic (exact) mass is 486 g/mol. The molecular weight excluding hydrogens is 460 g/mol. The number of carbonyl (C=O) groups excluding carboxylic acids is 2. The molecule has 2 aliphatic rings. The number of carbonyl (C=O) groups is 2. The van der Waals surface area contributed by atoms with Gasteiger partial charge in [-0.1, -0.05) is 13.8 Å². The highest BCUT2D eigenvalue weighted by atomic mass is 16.3. The van der Waals surface area contributed by atoms with Gasteiger partial charge < -0.3 is 15.3 Å². The highest BCUT2D eigenvalue weighted by Gasteiger charge is 2.30. The van der Waals surface area contributed by atoms with Gasteiger partial charge in [0.2, 0.25) is 5.88 Å². The minimum atomic E-state index is -0.714. The van der Waals surface area contributed by atoms with Crippen LogP contribution in [0.15, 0.2) is 35.3 Å². The number of nitrogens with zero attached hydrogens (tertiary/aromatic N) is 5. The van der Waals surface area contributed by atoms with E-state index in [0.717, 1.165) is 28.6 Å². The van der Waals surface area contributed by atoms with Crippen molar-refractivity contribution < 1.29 is 14.7 Å². The van der Waals surface area contributed by atoms with Gasteiger partial charge in [0.25, 0.3) is 17.4 Å². The van der Waals surface area contributed by atoms with Gasteiger partial charge in [-0.25, -0.2) is 0 Å². The standard InChI is InChI=1S/C26H26N6O4/c1-15(2)14-31-24-18(4-8-21(33)30-10-9-17-11-16(12-27)3-7-20(17)30)13-28-32(24)26(36)22(25(31)35)23(34)29-19-5-6-19/h3-4,7-8,11,13,15,19,35H,5-6,9-10,14H2,1-2H3,(H,29,34)/b8-4+. The predicted octanol–water partition coefficient (Wildman–Crippen LogP) is 2.22. The molecule has 10 nitrogen and oxygen atoms in total. The van der Waals surface area contributed by atoms with Crippen LogP contribution >= 0.6 is 0 Å². The fraction of sp³-hybridized carbons (Fsp3) is 0.346. The molecule has 0 atom stereocenters. The summed E-state index contributed by atoms with van der Waals surface area (Å²) in [5.41, 5.74) is 1.98. The van der Waals surface area contributed by atoms with Gasteiger partial charge in [-0.05, 0) is 55.0 Å². The zero-order chi connectivity index (χ0) is 25.6. The average Bonchev–Trinajstić information content (AvgIpc) is 3.39. The number of nitrogens with one attached hydrogen (secondary N) is 1. The number of hydrogen-bond donors (Lipinski definition) is 2. The van der Waals surface area contributed by atoms with E-state index in [1.54, 1.807) is 29.2 Å². The van der Waals surface area contributed by atoms with Crippen LogP contribution < -0.4 is 15.8 Å². The third kappa shape index (κ3) is 4.13. The van der Waals surface area contributed by atoms with Crippen LogP contribution in [0.25, 0.3) is 11.7 Å². The Morgan fingerprint density at radius 3 is 2.81 bits per heavy atom. The van der Waals surface area contributed by atoms with Gasteiger partial charge in [0.15, 0.2) is 5.56 Å². The smallest absolute Gasteiger partial charge is 0.291 e. The van der Waals surface area contributed by atoms with Crippen LogP contribution in [-0.4, -0.2) is 43.7 Å². The molecule has 3 aromatic rings. The minimum absolute atomic E-state index is 0.0230. The molecule has 1 aliphatic carbocycles. The fourth-order valence-electron chi connectivity index (χ4n) is 4.50. The van der Waals surface area contributed by atoms with E-state index in [9.17, 15) is 19.5 Å². The first-order valence-electron chi connectivity index (χ1n) is 12.0. The van der Waals surface area contributed by atoms with Crippen LogP contribution in [0, 0.1) is 17.2 Å². The maximum Gasteiger partial charge on any atom is 0.291 e. The highest BCUT2D eigenvalue weighted by molar-refractivity contribution is 6.05. The largest absolute Gasteiger partial charge is 0.494 e. The Hall–Kier alpha value is -4.39. The topological polar surface area (TPSA) is 133 Å². The van der Waals surface area contributed by atoms with Crippen molar-refractivity contribution in [1.29, 1.82) is 5.26 Å². The third-order valence-corrected chi connectivity index (χ3v) is 6.38. The van der Waals surface area contributed by atoms with Crippen molar-refractivity contribution in [3.8, 4) is 11.9 Å². The van der Waals surface area contributed by atoms with E-state index in [2.05, 4.69) is 16.5 Å². The van der Waals surface area contributed by atoms with Gasteiger partial charge >= 0.3 is 0 Å².